The van der Waals surface area contributed by atoms with Gasteiger partial charge in [-0.25, -0.2) is 10.3 Å². The summed E-state index contributed by atoms with van der Waals surface area (Å²) in [7, 11) is 0. The molecule has 1 amide bonds. The monoisotopic (exact) mass is 299 g/mol. The third-order valence-electron chi connectivity index (χ3n) is 3.05. The molecular formula is C13H25N5O3. The molecule has 0 aromatic rings. The molecule has 8 heteroatoms. The van der Waals surface area contributed by atoms with Crippen molar-refractivity contribution in [3.63, 3.8) is 0 Å². The number of carboxylic acids is 1. The fourth-order valence-electron chi connectivity index (χ4n) is 1.79. The highest BCUT2D eigenvalue weighted by Gasteiger charge is 2.22. The first-order chi connectivity index (χ1) is 10.0. The van der Waals surface area contributed by atoms with Crippen molar-refractivity contribution < 1.29 is 14.7 Å². The average molecular weight is 299 g/mol. The van der Waals surface area contributed by atoms with Crippen molar-refractivity contribution in [2.75, 3.05) is 13.1 Å². The van der Waals surface area contributed by atoms with Crippen molar-refractivity contribution in [2.24, 2.45) is 15.8 Å². The Hall–Kier alpha value is -1.83. The Balaban J connectivity index is 4.10. The molecule has 0 bridgehead atoms. The molecule has 0 heterocycles. The summed E-state index contributed by atoms with van der Waals surface area (Å²) in [5.74, 6) is -1.51. The third kappa shape index (κ3) is 9.67. The smallest absolute Gasteiger partial charge is 0.326 e. The number of aliphatic imine (C=N–C) groups is 1. The van der Waals surface area contributed by atoms with Gasteiger partial charge in [0.2, 0.25) is 5.91 Å². The second-order valence-electron chi connectivity index (χ2n) is 4.83. The lowest BCUT2D eigenvalue weighted by molar-refractivity contribution is -0.142. The van der Waals surface area contributed by atoms with Gasteiger partial charge < -0.3 is 21.1 Å². The molecule has 0 saturated carbocycles. The van der Waals surface area contributed by atoms with E-state index < -0.39 is 24.0 Å². The summed E-state index contributed by atoms with van der Waals surface area (Å²) >= 11 is 0. The van der Waals surface area contributed by atoms with Crippen molar-refractivity contribution >= 4 is 18.6 Å². The highest BCUT2D eigenvalue weighted by atomic mass is 16.4. The predicted octanol–water partition coefficient (Wildman–Crippen LogP) is 0.955. The molecule has 120 valence electrons. The van der Waals surface area contributed by atoms with Crippen LogP contribution < -0.4 is 11.1 Å². The zero-order chi connectivity index (χ0) is 16.1. The number of hydrogen-bond donors (Lipinski definition) is 4. The number of carbonyl (C=O) groups is 2. The van der Waals surface area contributed by atoms with Crippen molar-refractivity contribution in [1.82, 2.24) is 5.32 Å². The quantitative estimate of drug-likeness (QED) is 0.228. The molecule has 21 heavy (non-hydrogen) atoms. The van der Waals surface area contributed by atoms with E-state index in [9.17, 15) is 9.59 Å². The minimum atomic E-state index is -1.06. The molecule has 0 saturated heterocycles. The number of carbonyl (C=O) groups excluding carboxylic acids is 1. The lowest BCUT2D eigenvalue weighted by Crippen LogP contribution is -2.48. The molecule has 0 unspecified atom stereocenters. The second-order valence-corrected chi connectivity index (χ2v) is 4.83. The van der Waals surface area contributed by atoms with Gasteiger partial charge in [0.1, 0.15) is 6.04 Å². The highest BCUT2D eigenvalue weighted by Crippen LogP contribution is 2.04. The summed E-state index contributed by atoms with van der Waals surface area (Å²) in [5.41, 5.74) is 12.4. The molecule has 8 nitrogen and oxygen atoms in total. The molecule has 0 aliphatic heterocycles. The van der Waals surface area contributed by atoms with Crippen LogP contribution in [0, 0.1) is 5.53 Å². The van der Waals surface area contributed by atoms with Crippen LogP contribution in [0.3, 0.4) is 0 Å². The normalized spacial score (nSPS) is 13.2. The average Bonchev–Trinajstić information content (AvgIpc) is 2.46. The Morgan fingerprint density at radius 1 is 1.19 bits per heavy atom. The maximum atomic E-state index is 11.8. The minimum absolute atomic E-state index is 0.348. The first-order valence-electron chi connectivity index (χ1n) is 7.07. The van der Waals surface area contributed by atoms with Crippen LogP contribution in [0.25, 0.3) is 0 Å². The number of nitrogens with one attached hydrogen (secondary N) is 2. The number of hydrogen-bond acceptors (Lipinski definition) is 6. The maximum Gasteiger partial charge on any atom is 0.326 e. The van der Waals surface area contributed by atoms with Gasteiger partial charge in [-0.1, -0.05) is 0 Å². The van der Waals surface area contributed by atoms with Crippen LogP contribution in [0.4, 0.5) is 0 Å². The lowest BCUT2D eigenvalue weighted by atomic mass is 10.1. The van der Waals surface area contributed by atoms with E-state index in [0.29, 0.717) is 45.2 Å². The van der Waals surface area contributed by atoms with Crippen LogP contribution in [0.5, 0.6) is 0 Å². The molecule has 0 spiro atoms. The summed E-state index contributed by atoms with van der Waals surface area (Å²) in [6.45, 7) is 4.36. The highest BCUT2D eigenvalue weighted by molar-refractivity contribution is 5.86. The standard InChI is InChI=1S/C13H25N5O3/c1-16-8-4-3-7-11(13(20)21)18-12(19)10(14)6-2-5-9-17-15/h10-11,15H,1-9,14H2,(H,18,19)(H,20,21)/t10-,11-/m0/s1. The third-order valence-corrected chi connectivity index (χ3v) is 3.05. The van der Waals surface area contributed by atoms with Gasteiger partial charge in [-0.3, -0.25) is 4.79 Å². The molecule has 0 rings (SSSR count). The Bertz CT molecular complexity index is 349. The van der Waals surface area contributed by atoms with Gasteiger partial charge in [-0.05, 0) is 45.2 Å². The fraction of sp³-hybridized carbons (Fsp3) is 0.769. The molecule has 0 aliphatic rings. The Morgan fingerprint density at radius 2 is 1.81 bits per heavy atom. The van der Waals surface area contributed by atoms with Crippen LogP contribution in [0.15, 0.2) is 10.1 Å². The van der Waals surface area contributed by atoms with Gasteiger partial charge in [-0.2, -0.15) is 5.11 Å². The van der Waals surface area contributed by atoms with E-state index in [4.69, 9.17) is 16.4 Å². The first kappa shape index (κ1) is 19.2. The van der Waals surface area contributed by atoms with Crippen molar-refractivity contribution in [3.8, 4) is 0 Å². The molecular weight excluding hydrogens is 274 g/mol. The molecule has 2 atom stereocenters. The second kappa shape index (κ2) is 12.0. The summed E-state index contributed by atoms with van der Waals surface area (Å²) in [6, 6.07) is -1.65. The zero-order valence-electron chi connectivity index (χ0n) is 12.3. The van der Waals surface area contributed by atoms with Crippen molar-refractivity contribution in [2.45, 2.75) is 50.6 Å². The van der Waals surface area contributed by atoms with Crippen LogP contribution >= 0.6 is 0 Å². The minimum Gasteiger partial charge on any atom is -0.480 e. The molecule has 0 fully saturated rings. The predicted molar refractivity (Wildman–Crippen MR) is 79.7 cm³/mol. The van der Waals surface area contributed by atoms with Gasteiger partial charge in [0.15, 0.2) is 0 Å². The number of unbranched alkanes of at least 4 members (excludes halogenated alkanes) is 2. The van der Waals surface area contributed by atoms with E-state index in [2.05, 4.69) is 22.1 Å². The van der Waals surface area contributed by atoms with Gasteiger partial charge in [0, 0.05) is 6.54 Å². The largest absolute Gasteiger partial charge is 0.480 e. The topological polar surface area (TPSA) is 141 Å². The number of rotatable bonds is 13. The van der Waals surface area contributed by atoms with Gasteiger partial charge in [0.05, 0.1) is 12.6 Å². The van der Waals surface area contributed by atoms with Crippen LogP contribution in [-0.2, 0) is 9.59 Å². The molecule has 5 N–H and O–H groups in total. The number of carboxylic acid groups (broad SMARTS) is 1. The van der Waals surface area contributed by atoms with E-state index >= 15 is 0 Å². The Labute approximate surface area is 124 Å². The summed E-state index contributed by atoms with van der Waals surface area (Å²) in [5, 5.41) is 14.8. The van der Waals surface area contributed by atoms with E-state index in [1.54, 1.807) is 0 Å². The van der Waals surface area contributed by atoms with E-state index in [1.165, 1.54) is 0 Å². The van der Waals surface area contributed by atoms with E-state index in [1.807, 2.05) is 0 Å². The summed E-state index contributed by atoms with van der Waals surface area (Å²) in [4.78, 5) is 26.6. The van der Waals surface area contributed by atoms with E-state index in [0.717, 1.165) is 6.42 Å². The van der Waals surface area contributed by atoms with Gasteiger partial charge >= 0.3 is 5.97 Å². The van der Waals surface area contributed by atoms with Crippen molar-refractivity contribution in [3.05, 3.63) is 0 Å². The Morgan fingerprint density at radius 3 is 2.38 bits per heavy atom. The van der Waals surface area contributed by atoms with Gasteiger partial charge in [-0.15, -0.1) is 0 Å². The zero-order valence-corrected chi connectivity index (χ0v) is 12.3. The molecule has 0 radical (unpaired) electrons. The Kier molecular flexibility index (Phi) is 10.9. The van der Waals surface area contributed by atoms with E-state index in [-0.39, 0.29) is 0 Å². The summed E-state index contributed by atoms with van der Waals surface area (Å²) in [6.07, 6.45) is 3.57. The maximum absolute atomic E-state index is 11.8. The van der Waals surface area contributed by atoms with Crippen LogP contribution in [0.2, 0.25) is 0 Å². The fourth-order valence-corrected chi connectivity index (χ4v) is 1.79. The molecule has 0 aromatic carbocycles. The number of nitrogens with two attached hydrogens (primary N) is 1. The summed E-state index contributed by atoms with van der Waals surface area (Å²) < 4.78 is 0. The van der Waals surface area contributed by atoms with Crippen molar-refractivity contribution in [1.29, 1.82) is 5.53 Å². The SMILES string of the molecule is C=NCCCC[C@H](NC(=O)[C@@H](N)CCCCN=N)C(=O)O. The first-order valence-corrected chi connectivity index (χ1v) is 7.07. The molecule has 0 aliphatic carbocycles. The number of nitrogens with zero attached hydrogens (tertiary/aromatic N) is 2. The lowest BCUT2D eigenvalue weighted by Gasteiger charge is -2.17. The van der Waals surface area contributed by atoms with Crippen LogP contribution in [0.1, 0.15) is 38.5 Å². The number of aliphatic carboxylic acids is 1. The van der Waals surface area contributed by atoms with Crippen LogP contribution in [-0.4, -0.2) is 48.9 Å². The number of amides is 1. The molecule has 0 aromatic heterocycles. The van der Waals surface area contributed by atoms with Gasteiger partial charge in [0.25, 0.3) is 0 Å².